The van der Waals surface area contributed by atoms with Crippen molar-refractivity contribution in [3.05, 3.63) is 60.4 Å². The molecule has 174 valence electrons. The monoisotopic (exact) mass is 467 g/mol. The molecule has 8 nitrogen and oxygen atoms in total. The standard InChI is InChI=1S/C24H29N5O3S/c1-2-3-13-21-28-22-23(19-11-7-8-12-20(19)27-24(22)25)29(21)15-17-32-16-14-26-33(30,31)18-9-5-4-6-10-18/h4-12,26H,2-3,13-17H2,1H3,(H2,25,27). The number of hydrogen-bond acceptors (Lipinski definition) is 6. The van der Waals surface area contributed by atoms with Gasteiger partial charge in [0.15, 0.2) is 5.82 Å². The number of ether oxygens (including phenoxy) is 1. The maximum absolute atomic E-state index is 12.3. The van der Waals surface area contributed by atoms with Crippen molar-refractivity contribution in [2.45, 2.75) is 37.6 Å². The molecule has 0 bridgehead atoms. The topological polar surface area (TPSA) is 112 Å². The number of pyridine rings is 1. The number of sulfonamides is 1. The molecule has 33 heavy (non-hydrogen) atoms. The van der Waals surface area contributed by atoms with Gasteiger partial charge in [-0.1, -0.05) is 49.7 Å². The molecule has 0 aliphatic heterocycles. The highest BCUT2D eigenvalue weighted by molar-refractivity contribution is 7.89. The number of imidazole rings is 1. The number of anilines is 1. The van der Waals surface area contributed by atoms with Crippen LogP contribution in [0.25, 0.3) is 21.9 Å². The summed E-state index contributed by atoms with van der Waals surface area (Å²) in [5.41, 5.74) is 8.76. The molecule has 4 aromatic rings. The fourth-order valence-corrected chi connectivity index (χ4v) is 4.89. The Morgan fingerprint density at radius 2 is 1.79 bits per heavy atom. The molecule has 0 atom stereocenters. The van der Waals surface area contributed by atoms with Crippen LogP contribution in [0.5, 0.6) is 0 Å². The van der Waals surface area contributed by atoms with Crippen LogP contribution in [0.1, 0.15) is 25.6 Å². The van der Waals surface area contributed by atoms with E-state index < -0.39 is 10.0 Å². The smallest absolute Gasteiger partial charge is 0.240 e. The van der Waals surface area contributed by atoms with Gasteiger partial charge >= 0.3 is 0 Å². The second-order valence-electron chi connectivity index (χ2n) is 7.82. The van der Waals surface area contributed by atoms with E-state index in [4.69, 9.17) is 15.5 Å². The van der Waals surface area contributed by atoms with Crippen molar-refractivity contribution in [1.82, 2.24) is 19.3 Å². The number of nitrogen functional groups attached to an aromatic ring is 1. The summed E-state index contributed by atoms with van der Waals surface area (Å²) in [6, 6.07) is 16.2. The molecule has 0 fully saturated rings. The largest absolute Gasteiger partial charge is 0.382 e. The van der Waals surface area contributed by atoms with E-state index in [-0.39, 0.29) is 18.0 Å². The van der Waals surface area contributed by atoms with Crippen LogP contribution in [0.15, 0.2) is 59.5 Å². The summed E-state index contributed by atoms with van der Waals surface area (Å²) >= 11 is 0. The molecule has 4 rings (SSSR count). The van der Waals surface area contributed by atoms with E-state index in [1.807, 2.05) is 24.3 Å². The van der Waals surface area contributed by atoms with Crippen molar-refractivity contribution in [2.75, 3.05) is 25.5 Å². The lowest BCUT2D eigenvalue weighted by atomic mass is 10.2. The van der Waals surface area contributed by atoms with Gasteiger partial charge in [-0.25, -0.2) is 23.1 Å². The third-order valence-corrected chi connectivity index (χ3v) is 6.97. The van der Waals surface area contributed by atoms with Gasteiger partial charge in [0.2, 0.25) is 10.0 Å². The fraction of sp³-hybridized carbons (Fsp3) is 0.333. The first kappa shape index (κ1) is 23.2. The van der Waals surface area contributed by atoms with Gasteiger partial charge in [0.1, 0.15) is 11.3 Å². The Balaban J connectivity index is 1.45. The van der Waals surface area contributed by atoms with Crippen molar-refractivity contribution < 1.29 is 13.2 Å². The van der Waals surface area contributed by atoms with Gasteiger partial charge in [0.05, 0.1) is 29.1 Å². The number of hydrogen-bond donors (Lipinski definition) is 2. The Bertz CT molecular complexity index is 1340. The molecular formula is C24H29N5O3S. The summed E-state index contributed by atoms with van der Waals surface area (Å²) in [6.07, 6.45) is 2.93. The Labute approximate surface area is 193 Å². The van der Waals surface area contributed by atoms with Gasteiger partial charge in [0.25, 0.3) is 0 Å². The van der Waals surface area contributed by atoms with Crippen LogP contribution in [0.3, 0.4) is 0 Å². The summed E-state index contributed by atoms with van der Waals surface area (Å²) in [5, 5.41) is 1.01. The van der Waals surface area contributed by atoms with Crippen LogP contribution in [-0.4, -0.2) is 42.7 Å². The highest BCUT2D eigenvalue weighted by atomic mass is 32.2. The van der Waals surface area contributed by atoms with Gasteiger partial charge in [0, 0.05) is 24.9 Å². The molecule has 0 saturated heterocycles. The molecule has 2 aromatic carbocycles. The minimum Gasteiger partial charge on any atom is -0.382 e. The van der Waals surface area contributed by atoms with E-state index in [9.17, 15) is 8.42 Å². The number of nitrogens with one attached hydrogen (secondary N) is 1. The van der Waals surface area contributed by atoms with Crippen LogP contribution in [0.4, 0.5) is 5.82 Å². The van der Waals surface area contributed by atoms with Gasteiger partial charge in [-0.05, 0) is 24.6 Å². The number of benzene rings is 2. The number of nitrogens with zero attached hydrogens (tertiary/aromatic N) is 3. The average Bonchev–Trinajstić information content (AvgIpc) is 3.20. The summed E-state index contributed by atoms with van der Waals surface area (Å²) in [7, 11) is -3.53. The molecule has 0 aliphatic rings. The van der Waals surface area contributed by atoms with Crippen molar-refractivity contribution in [3.8, 4) is 0 Å². The highest BCUT2D eigenvalue weighted by Crippen LogP contribution is 2.29. The molecule has 2 heterocycles. The maximum atomic E-state index is 12.3. The molecule has 0 saturated carbocycles. The van der Waals surface area contributed by atoms with Gasteiger partial charge in [-0.2, -0.15) is 0 Å². The van der Waals surface area contributed by atoms with Crippen LogP contribution >= 0.6 is 0 Å². The third-order valence-electron chi connectivity index (χ3n) is 5.49. The number of fused-ring (bicyclic) bond motifs is 3. The maximum Gasteiger partial charge on any atom is 0.240 e. The zero-order valence-corrected chi connectivity index (χ0v) is 19.5. The van der Waals surface area contributed by atoms with E-state index in [0.717, 1.165) is 47.0 Å². The Morgan fingerprint density at radius 3 is 2.58 bits per heavy atom. The van der Waals surface area contributed by atoms with Crippen LogP contribution in [-0.2, 0) is 27.7 Å². The third kappa shape index (κ3) is 5.16. The molecule has 0 aliphatic carbocycles. The lowest BCUT2D eigenvalue weighted by Gasteiger charge is -2.12. The molecule has 2 aromatic heterocycles. The zero-order chi connectivity index (χ0) is 23.3. The summed E-state index contributed by atoms with van der Waals surface area (Å²) in [4.78, 5) is 9.57. The molecule has 0 amide bonds. The molecule has 0 unspecified atom stereocenters. The summed E-state index contributed by atoms with van der Waals surface area (Å²) in [6.45, 7) is 3.64. The van der Waals surface area contributed by atoms with Crippen LogP contribution in [0, 0.1) is 0 Å². The Morgan fingerprint density at radius 1 is 1.03 bits per heavy atom. The second-order valence-corrected chi connectivity index (χ2v) is 9.58. The van der Waals surface area contributed by atoms with Crippen molar-refractivity contribution >= 4 is 37.8 Å². The summed E-state index contributed by atoms with van der Waals surface area (Å²) in [5.74, 6) is 1.39. The second kappa shape index (κ2) is 10.3. The van der Waals surface area contributed by atoms with Gasteiger partial charge in [-0.15, -0.1) is 0 Å². The van der Waals surface area contributed by atoms with Crippen molar-refractivity contribution in [3.63, 3.8) is 0 Å². The van der Waals surface area contributed by atoms with Crippen molar-refractivity contribution in [1.29, 1.82) is 0 Å². The predicted molar refractivity (Wildman–Crippen MR) is 131 cm³/mol. The van der Waals surface area contributed by atoms with E-state index in [1.165, 1.54) is 0 Å². The highest BCUT2D eigenvalue weighted by Gasteiger charge is 2.17. The predicted octanol–water partition coefficient (Wildman–Crippen LogP) is 3.50. The van der Waals surface area contributed by atoms with Gasteiger partial charge in [-0.3, -0.25) is 0 Å². The number of aryl methyl sites for hydroxylation is 1. The fourth-order valence-electron chi connectivity index (χ4n) is 3.86. The minimum absolute atomic E-state index is 0.199. The van der Waals surface area contributed by atoms with Crippen LogP contribution < -0.4 is 10.5 Å². The first-order valence-corrected chi connectivity index (χ1v) is 12.7. The minimum atomic E-state index is -3.53. The quantitative estimate of drug-likeness (QED) is 0.327. The Kier molecular flexibility index (Phi) is 7.22. The normalized spacial score (nSPS) is 12.0. The molecule has 3 N–H and O–H groups in total. The van der Waals surface area contributed by atoms with E-state index in [2.05, 4.69) is 21.2 Å². The molecule has 9 heteroatoms. The SMILES string of the molecule is CCCCc1nc2c(N)nc3ccccc3c2n1CCOCCNS(=O)(=O)c1ccccc1. The molecular weight excluding hydrogens is 438 g/mol. The lowest BCUT2D eigenvalue weighted by Crippen LogP contribution is -2.27. The lowest BCUT2D eigenvalue weighted by molar-refractivity contribution is 0.131. The number of unbranched alkanes of at least 4 members (excludes halogenated alkanes) is 1. The molecule has 0 spiro atoms. The first-order chi connectivity index (χ1) is 16.0. The number of rotatable bonds is 11. The Hall–Kier alpha value is -3.01. The van der Waals surface area contributed by atoms with Crippen molar-refractivity contribution in [2.24, 2.45) is 0 Å². The van der Waals surface area contributed by atoms with E-state index >= 15 is 0 Å². The van der Waals surface area contributed by atoms with Crippen LogP contribution in [0.2, 0.25) is 0 Å². The molecule has 0 radical (unpaired) electrons. The van der Waals surface area contributed by atoms with E-state index in [0.29, 0.717) is 19.0 Å². The average molecular weight is 468 g/mol. The zero-order valence-electron chi connectivity index (χ0n) is 18.7. The summed E-state index contributed by atoms with van der Waals surface area (Å²) < 4.78 is 35.1. The number of para-hydroxylation sites is 1. The number of nitrogens with two attached hydrogens (primary N) is 1. The number of aromatic nitrogens is 3. The van der Waals surface area contributed by atoms with E-state index in [1.54, 1.807) is 30.3 Å². The first-order valence-electron chi connectivity index (χ1n) is 11.2. The van der Waals surface area contributed by atoms with Gasteiger partial charge < -0.3 is 15.0 Å².